The van der Waals surface area contributed by atoms with E-state index in [9.17, 15) is 9.59 Å². The van der Waals surface area contributed by atoms with Gasteiger partial charge >= 0.3 is 5.97 Å². The number of nitrogens with zero attached hydrogens (tertiary/aromatic N) is 1. The number of benzene rings is 3. The first-order chi connectivity index (χ1) is 20.6. The topological polar surface area (TPSA) is 67.9 Å². The third-order valence-corrected chi connectivity index (χ3v) is 8.59. The molecule has 230 valence electrons. The number of hydrogen-bond donors (Lipinski definition) is 1. The lowest BCUT2D eigenvalue weighted by molar-refractivity contribution is -0.156. The summed E-state index contributed by atoms with van der Waals surface area (Å²) in [5, 5.41) is 3.30. The van der Waals surface area contributed by atoms with Crippen LogP contribution in [-0.2, 0) is 14.9 Å². The molecule has 0 radical (unpaired) electrons. The van der Waals surface area contributed by atoms with E-state index in [-0.39, 0.29) is 23.3 Å². The smallest absolute Gasteiger partial charge is 0.307 e. The number of carbonyl (C=O) groups excluding carboxylic acids is 2. The van der Waals surface area contributed by atoms with Gasteiger partial charge in [-0.2, -0.15) is 0 Å². The summed E-state index contributed by atoms with van der Waals surface area (Å²) < 4.78 is 11.0. The van der Waals surface area contributed by atoms with Gasteiger partial charge in [0.2, 0.25) is 0 Å². The van der Waals surface area contributed by atoms with Crippen LogP contribution in [0.25, 0.3) is 11.1 Å². The number of rotatable bonds is 12. The zero-order chi connectivity index (χ0) is 30.9. The molecule has 1 heterocycles. The first-order valence-corrected chi connectivity index (χ1v) is 15.7. The fourth-order valence-corrected chi connectivity index (χ4v) is 6.19. The summed E-state index contributed by atoms with van der Waals surface area (Å²) in [7, 11) is 1.65. The summed E-state index contributed by atoms with van der Waals surface area (Å²) in [6.45, 7) is 10.8. The first kappa shape index (κ1) is 32.3. The fraction of sp³-hybridized carbons (Fsp3) is 0.459. The number of carbonyl (C=O) groups is 2. The Morgan fingerprint density at radius 3 is 2.19 bits per heavy atom. The van der Waals surface area contributed by atoms with Crippen molar-refractivity contribution in [3.63, 3.8) is 0 Å². The lowest BCUT2D eigenvalue weighted by Gasteiger charge is -2.36. The molecule has 0 aromatic heterocycles. The Morgan fingerprint density at radius 1 is 0.907 bits per heavy atom. The molecule has 0 spiro atoms. The highest BCUT2D eigenvalue weighted by Crippen LogP contribution is 2.37. The SMILES string of the molecule is CCC(CCCN1CCC(NC(=O)c2ccccc2-c2ccc(OC)cc2)CC1)(CC(=O)OC(C)(C)C)c1ccccc1. The summed E-state index contributed by atoms with van der Waals surface area (Å²) in [5.41, 5.74) is 3.07. The van der Waals surface area contributed by atoms with E-state index in [0.717, 1.165) is 68.6 Å². The van der Waals surface area contributed by atoms with Crippen molar-refractivity contribution >= 4 is 11.9 Å². The van der Waals surface area contributed by atoms with E-state index in [1.165, 1.54) is 5.56 Å². The zero-order valence-electron chi connectivity index (χ0n) is 26.5. The number of hydrogen-bond acceptors (Lipinski definition) is 5. The molecule has 1 atom stereocenters. The Morgan fingerprint density at radius 2 is 1.56 bits per heavy atom. The summed E-state index contributed by atoms with van der Waals surface area (Å²) >= 11 is 0. The highest BCUT2D eigenvalue weighted by atomic mass is 16.6. The molecule has 3 aromatic rings. The van der Waals surface area contributed by atoms with E-state index in [4.69, 9.17) is 9.47 Å². The maximum absolute atomic E-state index is 13.3. The van der Waals surface area contributed by atoms with Gasteiger partial charge in [0.25, 0.3) is 5.91 Å². The van der Waals surface area contributed by atoms with E-state index in [2.05, 4.69) is 41.4 Å². The minimum atomic E-state index is -0.495. The van der Waals surface area contributed by atoms with Crippen molar-refractivity contribution in [3.8, 4) is 16.9 Å². The molecule has 0 saturated carbocycles. The summed E-state index contributed by atoms with van der Waals surface area (Å²) in [4.78, 5) is 28.8. The van der Waals surface area contributed by atoms with Gasteiger partial charge in [-0.15, -0.1) is 0 Å². The van der Waals surface area contributed by atoms with Gasteiger partial charge in [0.15, 0.2) is 0 Å². The quantitative estimate of drug-likeness (QED) is 0.225. The number of esters is 1. The highest BCUT2D eigenvalue weighted by molar-refractivity contribution is 6.01. The summed E-state index contributed by atoms with van der Waals surface area (Å²) in [6, 6.07) is 26.2. The maximum atomic E-state index is 13.3. The molecule has 6 heteroatoms. The van der Waals surface area contributed by atoms with Crippen LogP contribution in [-0.4, -0.2) is 55.2 Å². The molecule has 1 aliphatic heterocycles. The van der Waals surface area contributed by atoms with Crippen molar-refractivity contribution in [3.05, 3.63) is 90.0 Å². The van der Waals surface area contributed by atoms with Gasteiger partial charge in [0.1, 0.15) is 11.4 Å². The van der Waals surface area contributed by atoms with Crippen LogP contribution in [0.1, 0.15) is 82.1 Å². The van der Waals surface area contributed by atoms with Crippen molar-refractivity contribution < 1.29 is 19.1 Å². The molecular formula is C37H48N2O4. The zero-order valence-corrected chi connectivity index (χ0v) is 26.5. The van der Waals surface area contributed by atoms with Crippen LogP contribution in [0.4, 0.5) is 0 Å². The second-order valence-corrected chi connectivity index (χ2v) is 12.7. The van der Waals surface area contributed by atoms with E-state index in [1.807, 2.05) is 75.4 Å². The van der Waals surface area contributed by atoms with Gasteiger partial charge in [-0.05, 0) is 94.3 Å². The van der Waals surface area contributed by atoms with Gasteiger partial charge in [-0.1, -0.05) is 67.6 Å². The third kappa shape index (κ3) is 8.93. The van der Waals surface area contributed by atoms with Crippen LogP contribution in [0.5, 0.6) is 5.75 Å². The Hall–Kier alpha value is -3.64. The van der Waals surface area contributed by atoms with E-state index in [1.54, 1.807) is 7.11 Å². The molecule has 1 saturated heterocycles. The van der Waals surface area contributed by atoms with E-state index in [0.29, 0.717) is 12.0 Å². The molecule has 1 unspecified atom stereocenters. The lowest BCUT2D eigenvalue weighted by atomic mass is 9.72. The van der Waals surface area contributed by atoms with Crippen LogP contribution in [0, 0.1) is 0 Å². The average molecular weight is 585 g/mol. The normalized spacial score (nSPS) is 15.8. The predicted molar refractivity (Wildman–Crippen MR) is 173 cm³/mol. The van der Waals surface area contributed by atoms with Gasteiger partial charge in [0.05, 0.1) is 13.5 Å². The van der Waals surface area contributed by atoms with Gasteiger partial charge in [-0.3, -0.25) is 9.59 Å². The summed E-state index contributed by atoms with van der Waals surface area (Å²) in [6.07, 6.45) is 5.03. The minimum Gasteiger partial charge on any atom is -0.497 e. The molecule has 0 aliphatic carbocycles. The number of nitrogens with one attached hydrogen (secondary N) is 1. The number of piperidine rings is 1. The van der Waals surface area contributed by atoms with Crippen LogP contribution < -0.4 is 10.1 Å². The Balaban J connectivity index is 1.31. The molecule has 1 fully saturated rings. The second kappa shape index (κ2) is 14.7. The van der Waals surface area contributed by atoms with Crippen molar-refractivity contribution in [1.29, 1.82) is 0 Å². The standard InChI is InChI=1S/C37H48N2O4/c1-6-37(29-13-8-7-9-14-29,27-34(40)43-36(2,3)4)23-12-24-39-25-21-30(22-26-39)38-35(41)33-16-11-10-15-32(33)28-17-19-31(42-5)20-18-28/h7-11,13-20,30H,6,12,21-27H2,1-5H3,(H,38,41). The predicted octanol–water partition coefficient (Wildman–Crippen LogP) is 7.42. The minimum absolute atomic E-state index is 0.0254. The highest BCUT2D eigenvalue weighted by Gasteiger charge is 2.35. The molecular weight excluding hydrogens is 536 g/mol. The van der Waals surface area contributed by atoms with Gasteiger partial charge in [0, 0.05) is 30.1 Å². The van der Waals surface area contributed by atoms with E-state index >= 15 is 0 Å². The van der Waals surface area contributed by atoms with Crippen LogP contribution in [0.2, 0.25) is 0 Å². The number of ether oxygens (including phenoxy) is 2. The van der Waals surface area contributed by atoms with Crippen molar-refractivity contribution in [2.75, 3.05) is 26.7 Å². The Labute approximate surface area is 257 Å². The average Bonchev–Trinajstić information content (AvgIpc) is 3.01. The number of amides is 1. The second-order valence-electron chi connectivity index (χ2n) is 12.7. The monoisotopic (exact) mass is 584 g/mol. The van der Waals surface area contributed by atoms with Crippen LogP contribution in [0.15, 0.2) is 78.9 Å². The lowest BCUT2D eigenvalue weighted by Crippen LogP contribution is -2.45. The number of methoxy groups -OCH3 is 1. The van der Waals surface area contributed by atoms with Crippen LogP contribution >= 0.6 is 0 Å². The van der Waals surface area contributed by atoms with E-state index < -0.39 is 5.60 Å². The molecule has 4 rings (SSSR count). The molecule has 43 heavy (non-hydrogen) atoms. The largest absolute Gasteiger partial charge is 0.497 e. The third-order valence-electron chi connectivity index (χ3n) is 8.59. The van der Waals surface area contributed by atoms with Gasteiger partial charge in [-0.25, -0.2) is 0 Å². The molecule has 0 bridgehead atoms. The number of likely N-dealkylation sites (tertiary alicyclic amines) is 1. The maximum Gasteiger partial charge on any atom is 0.307 e. The molecule has 1 aliphatic rings. The molecule has 3 aromatic carbocycles. The van der Waals surface area contributed by atoms with Crippen molar-refractivity contribution in [2.45, 2.75) is 83.3 Å². The Bertz CT molecular complexity index is 1320. The molecule has 6 nitrogen and oxygen atoms in total. The van der Waals surface area contributed by atoms with Crippen LogP contribution in [0.3, 0.4) is 0 Å². The van der Waals surface area contributed by atoms with Crippen molar-refractivity contribution in [2.24, 2.45) is 0 Å². The molecule has 1 amide bonds. The fourth-order valence-electron chi connectivity index (χ4n) is 6.19. The van der Waals surface area contributed by atoms with Gasteiger partial charge < -0.3 is 19.7 Å². The first-order valence-electron chi connectivity index (χ1n) is 15.7. The molecule has 1 N–H and O–H groups in total. The van der Waals surface area contributed by atoms with Crippen molar-refractivity contribution in [1.82, 2.24) is 10.2 Å². The summed E-state index contributed by atoms with van der Waals surface area (Å²) in [5.74, 6) is 0.631. The Kier molecular flexibility index (Phi) is 11.0.